The molecule has 0 aromatic carbocycles. The molecule has 0 unspecified atom stereocenters. The number of amides is 1. The number of hydrogen-bond acceptors (Lipinski definition) is 5. The van der Waals surface area contributed by atoms with Gasteiger partial charge in [0.15, 0.2) is 5.78 Å². The molecule has 1 aliphatic rings. The highest BCUT2D eigenvalue weighted by Gasteiger charge is 2.26. The van der Waals surface area contributed by atoms with Gasteiger partial charge >= 0.3 is 0 Å². The van der Waals surface area contributed by atoms with Gasteiger partial charge in [-0.25, -0.2) is 0 Å². The van der Waals surface area contributed by atoms with Gasteiger partial charge in [0, 0.05) is 37.1 Å². The van der Waals surface area contributed by atoms with E-state index in [-0.39, 0.29) is 11.7 Å². The fraction of sp³-hybridized carbons (Fsp3) is 0.522. The van der Waals surface area contributed by atoms with Gasteiger partial charge in [-0.1, -0.05) is 13.8 Å². The summed E-state index contributed by atoms with van der Waals surface area (Å²) in [5, 5.41) is 2.86. The molecule has 0 saturated carbocycles. The standard InChI is InChI=1S/C23H32N4O3/c1-3-11-27(12-4-2)13-6-14-30-21-9-10-24-16-19(21)26-23(29)17-15-25-18-7-5-8-20(28)22(17)18/h9-10,15-16,25H,3-8,11-14H2,1-2H3,(H,26,29). The zero-order valence-corrected chi connectivity index (χ0v) is 18.0. The molecule has 30 heavy (non-hydrogen) atoms. The fourth-order valence-corrected chi connectivity index (χ4v) is 3.94. The van der Waals surface area contributed by atoms with E-state index in [0.29, 0.717) is 35.6 Å². The van der Waals surface area contributed by atoms with Crippen LogP contribution in [0.3, 0.4) is 0 Å². The number of nitrogens with zero attached hydrogens (tertiary/aromatic N) is 2. The summed E-state index contributed by atoms with van der Waals surface area (Å²) in [6, 6.07) is 1.75. The van der Waals surface area contributed by atoms with Crippen LogP contribution in [-0.2, 0) is 6.42 Å². The van der Waals surface area contributed by atoms with Crippen LogP contribution < -0.4 is 10.1 Å². The molecule has 162 valence electrons. The fourth-order valence-electron chi connectivity index (χ4n) is 3.94. The zero-order valence-electron chi connectivity index (χ0n) is 18.0. The summed E-state index contributed by atoms with van der Waals surface area (Å²) in [4.78, 5) is 34.7. The van der Waals surface area contributed by atoms with E-state index in [0.717, 1.165) is 57.4 Å². The highest BCUT2D eigenvalue weighted by Crippen LogP contribution is 2.27. The number of carbonyl (C=O) groups is 2. The van der Waals surface area contributed by atoms with Crippen molar-refractivity contribution in [2.75, 3.05) is 31.6 Å². The van der Waals surface area contributed by atoms with Gasteiger partial charge in [0.1, 0.15) is 11.4 Å². The monoisotopic (exact) mass is 412 g/mol. The molecule has 0 atom stereocenters. The largest absolute Gasteiger partial charge is 0.491 e. The second kappa shape index (κ2) is 10.9. The van der Waals surface area contributed by atoms with Gasteiger partial charge in [0.25, 0.3) is 5.91 Å². The summed E-state index contributed by atoms with van der Waals surface area (Å²) in [5.74, 6) is 0.290. The SMILES string of the molecule is CCCN(CCC)CCCOc1ccncc1NC(=O)c1c[nH]c2c1C(=O)CCC2. The van der Waals surface area contributed by atoms with E-state index in [9.17, 15) is 9.59 Å². The van der Waals surface area contributed by atoms with Crippen LogP contribution in [0.5, 0.6) is 5.75 Å². The maximum absolute atomic E-state index is 12.8. The smallest absolute Gasteiger partial charge is 0.258 e. The minimum absolute atomic E-state index is 0.0222. The molecular formula is C23H32N4O3. The molecule has 7 heteroatoms. The first-order valence-electron chi connectivity index (χ1n) is 11.0. The van der Waals surface area contributed by atoms with Crippen molar-refractivity contribution in [1.82, 2.24) is 14.9 Å². The molecule has 0 radical (unpaired) electrons. The maximum Gasteiger partial charge on any atom is 0.258 e. The highest BCUT2D eigenvalue weighted by atomic mass is 16.5. The number of ether oxygens (including phenoxy) is 1. The highest BCUT2D eigenvalue weighted by molar-refractivity contribution is 6.13. The molecule has 0 bridgehead atoms. The number of hydrogen-bond donors (Lipinski definition) is 2. The van der Waals surface area contributed by atoms with Crippen LogP contribution in [0, 0.1) is 0 Å². The quantitative estimate of drug-likeness (QED) is 0.543. The van der Waals surface area contributed by atoms with Crippen molar-refractivity contribution >= 4 is 17.4 Å². The van der Waals surface area contributed by atoms with Gasteiger partial charge in [-0.15, -0.1) is 0 Å². The van der Waals surface area contributed by atoms with Crippen LogP contribution in [0.4, 0.5) is 5.69 Å². The topological polar surface area (TPSA) is 87.3 Å². The van der Waals surface area contributed by atoms with Crippen molar-refractivity contribution in [3.8, 4) is 5.75 Å². The molecule has 7 nitrogen and oxygen atoms in total. The molecule has 0 aliphatic heterocycles. The summed E-state index contributed by atoms with van der Waals surface area (Å²) in [6.07, 6.45) is 10.1. The van der Waals surface area contributed by atoms with Gasteiger partial charge in [0.05, 0.1) is 23.9 Å². The summed E-state index contributed by atoms with van der Waals surface area (Å²) < 4.78 is 5.94. The number of Topliss-reactive ketones (excluding diaryl/α,β-unsaturated/α-hetero) is 1. The lowest BCUT2D eigenvalue weighted by molar-refractivity contribution is 0.0956. The lowest BCUT2D eigenvalue weighted by atomic mass is 9.93. The Morgan fingerprint density at radius 3 is 2.80 bits per heavy atom. The Hall–Kier alpha value is -2.67. The third-order valence-corrected chi connectivity index (χ3v) is 5.30. The van der Waals surface area contributed by atoms with Crippen molar-refractivity contribution in [1.29, 1.82) is 0 Å². The lowest BCUT2D eigenvalue weighted by Crippen LogP contribution is -2.27. The summed E-state index contributed by atoms with van der Waals surface area (Å²) in [6.45, 7) is 8.15. The number of rotatable bonds is 11. The van der Waals surface area contributed by atoms with Crippen molar-refractivity contribution in [2.24, 2.45) is 0 Å². The minimum Gasteiger partial charge on any atom is -0.491 e. The van der Waals surface area contributed by atoms with E-state index >= 15 is 0 Å². The van der Waals surface area contributed by atoms with Gasteiger partial charge in [-0.05, 0) is 45.2 Å². The number of H-pyrrole nitrogens is 1. The van der Waals surface area contributed by atoms with Crippen molar-refractivity contribution in [3.05, 3.63) is 41.5 Å². The van der Waals surface area contributed by atoms with E-state index in [1.54, 1.807) is 24.7 Å². The van der Waals surface area contributed by atoms with E-state index < -0.39 is 0 Å². The lowest BCUT2D eigenvalue weighted by Gasteiger charge is -2.21. The zero-order chi connectivity index (χ0) is 21.3. The average molecular weight is 413 g/mol. The predicted octanol–water partition coefficient (Wildman–Crippen LogP) is 4.07. The normalized spacial score (nSPS) is 13.4. The predicted molar refractivity (Wildman–Crippen MR) is 117 cm³/mol. The number of anilines is 1. The molecule has 0 spiro atoms. The number of nitrogens with one attached hydrogen (secondary N) is 2. The molecule has 1 aliphatic carbocycles. The van der Waals surface area contributed by atoms with Gasteiger partial charge in [-0.3, -0.25) is 14.6 Å². The molecule has 2 N–H and O–H groups in total. The first-order chi connectivity index (χ1) is 14.6. The van der Waals surface area contributed by atoms with Crippen LogP contribution >= 0.6 is 0 Å². The maximum atomic E-state index is 12.8. The first-order valence-corrected chi connectivity index (χ1v) is 11.0. The molecule has 0 fully saturated rings. The van der Waals surface area contributed by atoms with Gasteiger partial charge in [-0.2, -0.15) is 0 Å². The molecule has 2 aromatic rings. The number of carbonyl (C=O) groups excluding carboxylic acids is 2. The summed E-state index contributed by atoms with van der Waals surface area (Å²) in [5.41, 5.74) is 2.28. The third-order valence-electron chi connectivity index (χ3n) is 5.30. The van der Waals surface area contributed by atoms with Crippen molar-refractivity contribution < 1.29 is 14.3 Å². The van der Waals surface area contributed by atoms with E-state index in [1.165, 1.54) is 0 Å². The number of aryl methyl sites for hydroxylation is 1. The van der Waals surface area contributed by atoms with Crippen molar-refractivity contribution in [2.45, 2.75) is 52.4 Å². The number of fused-ring (bicyclic) bond motifs is 1. The van der Waals surface area contributed by atoms with Gasteiger partial charge < -0.3 is 19.9 Å². The molecule has 3 rings (SSSR count). The van der Waals surface area contributed by atoms with Gasteiger partial charge in [0.2, 0.25) is 0 Å². The summed E-state index contributed by atoms with van der Waals surface area (Å²) >= 11 is 0. The van der Waals surface area contributed by atoms with Crippen molar-refractivity contribution in [3.63, 3.8) is 0 Å². The number of ketones is 1. The summed E-state index contributed by atoms with van der Waals surface area (Å²) in [7, 11) is 0. The Balaban J connectivity index is 1.60. The van der Waals surface area contributed by atoms with Crippen LogP contribution in [0.15, 0.2) is 24.7 Å². The number of pyridine rings is 1. The number of aromatic amines is 1. The van der Waals surface area contributed by atoms with E-state index in [1.807, 2.05) is 0 Å². The van der Waals surface area contributed by atoms with Crippen LogP contribution in [0.25, 0.3) is 0 Å². The van der Waals surface area contributed by atoms with Crippen LogP contribution in [0.1, 0.15) is 72.4 Å². The minimum atomic E-state index is -0.322. The molecule has 1 amide bonds. The van der Waals surface area contributed by atoms with E-state index in [2.05, 4.69) is 34.0 Å². The Morgan fingerprint density at radius 2 is 2.03 bits per heavy atom. The Kier molecular flexibility index (Phi) is 8.02. The second-order valence-corrected chi connectivity index (χ2v) is 7.70. The Bertz CT molecular complexity index is 856. The van der Waals surface area contributed by atoms with E-state index in [4.69, 9.17) is 4.74 Å². The second-order valence-electron chi connectivity index (χ2n) is 7.70. The third kappa shape index (κ3) is 5.48. The molecule has 0 saturated heterocycles. The van der Waals surface area contributed by atoms with Crippen LogP contribution in [0.2, 0.25) is 0 Å². The first kappa shape index (κ1) is 22.0. The Labute approximate surface area is 178 Å². The molecular weight excluding hydrogens is 380 g/mol. The average Bonchev–Trinajstić information content (AvgIpc) is 3.18. The molecule has 2 aromatic heterocycles. The van der Waals surface area contributed by atoms with Crippen LogP contribution in [-0.4, -0.2) is 52.8 Å². The molecule has 2 heterocycles. The Morgan fingerprint density at radius 1 is 1.23 bits per heavy atom. The number of aromatic nitrogens is 2.